The van der Waals surface area contributed by atoms with Crippen molar-refractivity contribution in [2.45, 2.75) is 12.1 Å². The van der Waals surface area contributed by atoms with Gasteiger partial charge in [-0.2, -0.15) is 0 Å². The minimum Gasteiger partial charge on any atom is -0.325 e. The van der Waals surface area contributed by atoms with E-state index in [-0.39, 0.29) is 17.2 Å². The smallest absolute Gasteiger partial charge is 0.266 e. The monoisotopic (exact) mass is 435 g/mol. The van der Waals surface area contributed by atoms with Crippen LogP contribution in [0.15, 0.2) is 82.7 Å². The Morgan fingerprint density at radius 2 is 1.80 bits per heavy atom. The number of nitrogens with zero attached hydrogens (tertiary/aromatic N) is 2. The molecule has 150 valence electrons. The molecule has 0 bridgehead atoms. The molecule has 1 amide bonds. The number of rotatable bonds is 5. The van der Waals surface area contributed by atoms with Crippen molar-refractivity contribution in [1.29, 1.82) is 0 Å². The molecular formula is C23H18ClN3O2S. The van der Waals surface area contributed by atoms with Crippen LogP contribution in [0, 0.1) is 6.92 Å². The Morgan fingerprint density at radius 3 is 2.57 bits per heavy atom. The zero-order valence-electron chi connectivity index (χ0n) is 16.1. The molecule has 0 aliphatic rings. The molecule has 0 spiro atoms. The predicted molar refractivity (Wildman–Crippen MR) is 123 cm³/mol. The number of carbonyl (C=O) groups is 1. The number of aromatic nitrogens is 2. The number of anilines is 1. The normalized spacial score (nSPS) is 10.9. The maximum Gasteiger partial charge on any atom is 0.266 e. The average molecular weight is 436 g/mol. The molecule has 0 radical (unpaired) electrons. The number of aryl methyl sites for hydroxylation is 1. The van der Waals surface area contributed by atoms with Gasteiger partial charge in [-0.15, -0.1) is 0 Å². The van der Waals surface area contributed by atoms with Crippen LogP contribution < -0.4 is 10.9 Å². The number of hydrogen-bond donors (Lipinski definition) is 1. The van der Waals surface area contributed by atoms with E-state index in [9.17, 15) is 9.59 Å². The summed E-state index contributed by atoms with van der Waals surface area (Å²) >= 11 is 7.34. The molecule has 30 heavy (non-hydrogen) atoms. The lowest BCUT2D eigenvalue weighted by atomic mass is 10.2. The summed E-state index contributed by atoms with van der Waals surface area (Å²) in [7, 11) is 0. The first-order chi connectivity index (χ1) is 14.5. The second-order valence-electron chi connectivity index (χ2n) is 6.69. The van der Waals surface area contributed by atoms with Crippen molar-refractivity contribution in [2.75, 3.05) is 11.1 Å². The van der Waals surface area contributed by atoms with Gasteiger partial charge in [0.2, 0.25) is 5.91 Å². The number of carbonyl (C=O) groups excluding carboxylic acids is 1. The van der Waals surface area contributed by atoms with Crippen LogP contribution in [-0.4, -0.2) is 21.2 Å². The van der Waals surface area contributed by atoms with Gasteiger partial charge in [-0.1, -0.05) is 59.8 Å². The highest BCUT2D eigenvalue weighted by Crippen LogP contribution is 2.23. The quantitative estimate of drug-likeness (QED) is 0.351. The largest absolute Gasteiger partial charge is 0.325 e. The Bertz CT molecular complexity index is 1290. The van der Waals surface area contributed by atoms with Crippen LogP contribution in [0.25, 0.3) is 16.6 Å². The Kier molecular flexibility index (Phi) is 5.88. The second kappa shape index (κ2) is 8.73. The van der Waals surface area contributed by atoms with E-state index in [0.29, 0.717) is 32.5 Å². The van der Waals surface area contributed by atoms with E-state index in [4.69, 9.17) is 11.6 Å². The van der Waals surface area contributed by atoms with Gasteiger partial charge >= 0.3 is 0 Å². The first-order valence-corrected chi connectivity index (χ1v) is 10.7. The van der Waals surface area contributed by atoms with Crippen molar-refractivity contribution < 1.29 is 4.79 Å². The zero-order chi connectivity index (χ0) is 21.1. The number of halogens is 1. The number of amides is 1. The van der Waals surface area contributed by atoms with Gasteiger partial charge < -0.3 is 5.32 Å². The Morgan fingerprint density at radius 1 is 1.07 bits per heavy atom. The van der Waals surface area contributed by atoms with Gasteiger partial charge in [0.25, 0.3) is 5.56 Å². The van der Waals surface area contributed by atoms with Crippen LogP contribution >= 0.6 is 23.4 Å². The lowest BCUT2D eigenvalue weighted by Gasteiger charge is -2.13. The highest BCUT2D eigenvalue weighted by Gasteiger charge is 2.15. The minimum atomic E-state index is -0.207. The van der Waals surface area contributed by atoms with E-state index in [1.807, 2.05) is 55.5 Å². The average Bonchev–Trinajstić information content (AvgIpc) is 2.75. The van der Waals surface area contributed by atoms with Crippen molar-refractivity contribution in [1.82, 2.24) is 9.55 Å². The van der Waals surface area contributed by atoms with Crippen LogP contribution in [0.4, 0.5) is 5.69 Å². The molecule has 1 aromatic heterocycles. The van der Waals surface area contributed by atoms with Gasteiger partial charge in [0, 0.05) is 10.7 Å². The lowest BCUT2D eigenvalue weighted by molar-refractivity contribution is -0.113. The van der Waals surface area contributed by atoms with Crippen molar-refractivity contribution >= 4 is 45.9 Å². The molecule has 3 aromatic carbocycles. The van der Waals surface area contributed by atoms with Gasteiger partial charge in [0.1, 0.15) is 0 Å². The molecule has 0 aliphatic heterocycles. The Balaban J connectivity index is 1.64. The van der Waals surface area contributed by atoms with Gasteiger partial charge in [-0.25, -0.2) is 4.98 Å². The zero-order valence-corrected chi connectivity index (χ0v) is 17.7. The van der Waals surface area contributed by atoms with Gasteiger partial charge in [0.15, 0.2) is 5.16 Å². The van der Waals surface area contributed by atoms with Gasteiger partial charge in [-0.3, -0.25) is 14.2 Å². The fourth-order valence-corrected chi connectivity index (χ4v) is 4.00. The summed E-state index contributed by atoms with van der Waals surface area (Å²) in [6, 6.07) is 21.9. The molecule has 4 rings (SSSR count). The summed E-state index contributed by atoms with van der Waals surface area (Å²) in [6.07, 6.45) is 0. The third-order valence-electron chi connectivity index (χ3n) is 4.55. The number of benzene rings is 3. The molecule has 0 unspecified atom stereocenters. The summed E-state index contributed by atoms with van der Waals surface area (Å²) in [5.41, 5.74) is 2.70. The minimum absolute atomic E-state index is 0.100. The van der Waals surface area contributed by atoms with Crippen molar-refractivity contribution in [3.8, 4) is 5.69 Å². The van der Waals surface area contributed by atoms with E-state index >= 15 is 0 Å². The number of nitrogens with one attached hydrogen (secondary N) is 1. The maximum atomic E-state index is 13.1. The first kappa shape index (κ1) is 20.2. The summed E-state index contributed by atoms with van der Waals surface area (Å²) in [4.78, 5) is 30.3. The van der Waals surface area contributed by atoms with Crippen molar-refractivity contribution in [2.24, 2.45) is 0 Å². The number of thioether (sulfide) groups is 1. The van der Waals surface area contributed by atoms with Crippen molar-refractivity contribution in [3.63, 3.8) is 0 Å². The fourth-order valence-electron chi connectivity index (χ4n) is 3.01. The topological polar surface area (TPSA) is 64.0 Å². The molecule has 7 heteroatoms. The predicted octanol–water partition coefficient (Wildman–Crippen LogP) is 5.08. The van der Waals surface area contributed by atoms with Crippen LogP contribution in [0.3, 0.4) is 0 Å². The number of fused-ring (bicyclic) bond motifs is 1. The van der Waals surface area contributed by atoms with E-state index in [0.717, 1.165) is 5.56 Å². The third kappa shape index (κ3) is 4.25. The molecule has 1 N–H and O–H groups in total. The highest BCUT2D eigenvalue weighted by atomic mass is 35.5. The Labute approximate surface area is 182 Å². The standard InChI is InChI=1S/C23H18ClN3O2S/c1-15-11-12-16(13-19(15)24)25-21(28)14-30-23-26-20-10-6-5-9-18(20)22(29)27(23)17-7-3-2-4-8-17/h2-13H,14H2,1H3,(H,25,28). The van der Waals surface area contributed by atoms with E-state index in [1.165, 1.54) is 11.8 Å². The third-order valence-corrected chi connectivity index (χ3v) is 5.89. The Hall–Kier alpha value is -3.09. The van der Waals surface area contributed by atoms with Crippen LogP contribution in [-0.2, 0) is 4.79 Å². The molecule has 0 atom stereocenters. The summed E-state index contributed by atoms with van der Waals surface area (Å²) in [5.74, 6) is -0.106. The lowest BCUT2D eigenvalue weighted by Crippen LogP contribution is -2.22. The fraction of sp³-hybridized carbons (Fsp3) is 0.0870. The van der Waals surface area contributed by atoms with E-state index in [2.05, 4.69) is 10.3 Å². The van der Waals surface area contributed by atoms with Crippen LogP contribution in [0.2, 0.25) is 5.02 Å². The van der Waals surface area contributed by atoms with E-state index < -0.39 is 0 Å². The SMILES string of the molecule is Cc1ccc(NC(=O)CSc2nc3ccccc3c(=O)n2-c2ccccc2)cc1Cl. The molecule has 0 saturated carbocycles. The van der Waals surface area contributed by atoms with Gasteiger partial charge in [0.05, 0.1) is 22.3 Å². The van der Waals surface area contributed by atoms with Crippen LogP contribution in [0.1, 0.15) is 5.56 Å². The van der Waals surface area contributed by atoms with Gasteiger partial charge in [-0.05, 0) is 48.9 Å². The molecular weight excluding hydrogens is 418 g/mol. The summed E-state index contributed by atoms with van der Waals surface area (Å²) < 4.78 is 1.54. The molecule has 0 aliphatic carbocycles. The number of para-hydroxylation sites is 2. The first-order valence-electron chi connectivity index (χ1n) is 9.29. The molecule has 0 saturated heterocycles. The molecule has 0 fully saturated rings. The summed E-state index contributed by atoms with van der Waals surface area (Å²) in [5, 5.41) is 4.42. The molecule has 4 aromatic rings. The maximum absolute atomic E-state index is 13.1. The van der Waals surface area contributed by atoms with E-state index in [1.54, 1.807) is 28.8 Å². The molecule has 1 heterocycles. The number of hydrogen-bond acceptors (Lipinski definition) is 4. The van der Waals surface area contributed by atoms with Crippen molar-refractivity contribution in [3.05, 3.63) is 93.7 Å². The van der Waals surface area contributed by atoms with Crippen LogP contribution in [0.5, 0.6) is 0 Å². The second-order valence-corrected chi connectivity index (χ2v) is 8.04. The highest BCUT2D eigenvalue weighted by molar-refractivity contribution is 7.99. The summed E-state index contributed by atoms with van der Waals surface area (Å²) in [6.45, 7) is 1.90. The molecule has 5 nitrogen and oxygen atoms in total.